The minimum absolute atomic E-state index is 0.0574. The van der Waals surface area contributed by atoms with Crippen molar-refractivity contribution in [3.63, 3.8) is 0 Å². The van der Waals surface area contributed by atoms with Gasteiger partial charge in [0.2, 0.25) is 0 Å². The molecule has 0 aliphatic carbocycles. The molecule has 82 valence electrons. The Morgan fingerprint density at radius 1 is 1.53 bits per heavy atom. The molecule has 1 aromatic carbocycles. The topological polar surface area (TPSA) is 52.3 Å². The zero-order chi connectivity index (χ0) is 11.4. The third-order valence-electron chi connectivity index (χ3n) is 2.40. The molecule has 0 bridgehead atoms. The lowest BCUT2D eigenvalue weighted by Gasteiger charge is -2.12. The first-order valence-electron chi connectivity index (χ1n) is 5.04. The highest BCUT2D eigenvalue weighted by molar-refractivity contribution is 6.02. The van der Waals surface area contributed by atoms with Gasteiger partial charge in [0.05, 0.1) is 18.7 Å². The van der Waals surface area contributed by atoms with Crippen LogP contribution in [0.15, 0.2) is 18.2 Å². The molecule has 1 aromatic rings. The van der Waals surface area contributed by atoms with E-state index in [1.54, 1.807) is 13.2 Å². The molecule has 0 spiro atoms. The van der Waals surface area contributed by atoms with E-state index < -0.39 is 6.04 Å². The van der Waals surface area contributed by atoms with Crippen LogP contribution in [0.4, 0.5) is 0 Å². The summed E-state index contributed by atoms with van der Waals surface area (Å²) in [4.78, 5) is 11.9. The van der Waals surface area contributed by atoms with E-state index in [2.05, 4.69) is 0 Å². The summed E-state index contributed by atoms with van der Waals surface area (Å²) in [6.45, 7) is 3.83. The van der Waals surface area contributed by atoms with Crippen LogP contribution in [0.1, 0.15) is 29.3 Å². The number of aryl methyl sites for hydroxylation is 1. The van der Waals surface area contributed by atoms with Gasteiger partial charge in [0.15, 0.2) is 5.78 Å². The smallest absolute Gasteiger partial charge is 0.183 e. The Bertz CT molecular complexity index is 361. The molecule has 0 fully saturated rings. The van der Waals surface area contributed by atoms with Crippen LogP contribution in [-0.2, 0) is 0 Å². The molecular formula is C12H17NO2. The molecule has 0 aliphatic heterocycles. The number of nitrogens with two attached hydrogens (primary N) is 1. The van der Waals surface area contributed by atoms with Crippen molar-refractivity contribution in [3.8, 4) is 5.75 Å². The van der Waals surface area contributed by atoms with Crippen molar-refractivity contribution in [2.45, 2.75) is 26.3 Å². The maximum Gasteiger partial charge on any atom is 0.183 e. The fraction of sp³-hybridized carbons (Fsp3) is 0.417. The Labute approximate surface area is 90.2 Å². The number of hydrogen-bond donors (Lipinski definition) is 1. The van der Waals surface area contributed by atoms with Crippen LogP contribution in [0, 0.1) is 6.92 Å². The van der Waals surface area contributed by atoms with Crippen molar-refractivity contribution in [3.05, 3.63) is 29.3 Å². The van der Waals surface area contributed by atoms with Gasteiger partial charge in [-0.15, -0.1) is 0 Å². The molecule has 0 amide bonds. The summed E-state index contributed by atoms with van der Waals surface area (Å²) in [5.41, 5.74) is 7.32. The maximum absolute atomic E-state index is 11.9. The number of carbonyl (C=O) groups is 1. The number of ketones is 1. The summed E-state index contributed by atoms with van der Waals surface area (Å²) in [6, 6.07) is 5.08. The van der Waals surface area contributed by atoms with Crippen LogP contribution < -0.4 is 10.5 Å². The highest BCUT2D eigenvalue weighted by Crippen LogP contribution is 2.21. The Morgan fingerprint density at radius 3 is 2.73 bits per heavy atom. The largest absolute Gasteiger partial charge is 0.496 e. The molecule has 2 N–H and O–H groups in total. The number of benzene rings is 1. The Hall–Kier alpha value is -1.35. The maximum atomic E-state index is 11.9. The fourth-order valence-corrected chi connectivity index (χ4v) is 1.40. The van der Waals surface area contributed by atoms with E-state index in [0.29, 0.717) is 17.7 Å². The third kappa shape index (κ3) is 2.57. The Balaban J connectivity index is 3.11. The highest BCUT2D eigenvalue weighted by Gasteiger charge is 2.17. The summed E-state index contributed by atoms with van der Waals surface area (Å²) in [5, 5.41) is 0. The quantitative estimate of drug-likeness (QED) is 0.767. The first kappa shape index (κ1) is 11.7. The molecule has 0 radical (unpaired) electrons. The molecule has 1 atom stereocenters. The van der Waals surface area contributed by atoms with Crippen molar-refractivity contribution >= 4 is 5.78 Å². The van der Waals surface area contributed by atoms with E-state index in [1.165, 1.54) is 0 Å². The molecule has 0 heterocycles. The Morgan fingerprint density at radius 2 is 2.20 bits per heavy atom. The van der Waals surface area contributed by atoms with Crippen LogP contribution in [0.3, 0.4) is 0 Å². The van der Waals surface area contributed by atoms with Gasteiger partial charge >= 0.3 is 0 Å². The van der Waals surface area contributed by atoms with Gasteiger partial charge in [-0.25, -0.2) is 0 Å². The molecule has 15 heavy (non-hydrogen) atoms. The first-order valence-corrected chi connectivity index (χ1v) is 5.04. The normalized spacial score (nSPS) is 12.3. The Kier molecular flexibility index (Phi) is 3.86. The van der Waals surface area contributed by atoms with Gasteiger partial charge < -0.3 is 10.5 Å². The van der Waals surface area contributed by atoms with E-state index in [9.17, 15) is 4.79 Å². The zero-order valence-electron chi connectivity index (χ0n) is 9.41. The predicted molar refractivity (Wildman–Crippen MR) is 60.3 cm³/mol. The molecule has 0 saturated carbocycles. The van der Waals surface area contributed by atoms with Gasteiger partial charge in [-0.2, -0.15) is 0 Å². The van der Waals surface area contributed by atoms with Crippen molar-refractivity contribution < 1.29 is 9.53 Å². The second kappa shape index (κ2) is 4.94. The van der Waals surface area contributed by atoms with Crippen LogP contribution in [0.2, 0.25) is 0 Å². The second-order valence-electron chi connectivity index (χ2n) is 3.58. The predicted octanol–water partition coefficient (Wildman–Crippen LogP) is 1.92. The lowest BCUT2D eigenvalue weighted by molar-refractivity contribution is 0.0956. The minimum atomic E-state index is -0.444. The number of methoxy groups -OCH3 is 1. The van der Waals surface area contributed by atoms with Gasteiger partial charge in [-0.1, -0.05) is 18.6 Å². The average molecular weight is 207 g/mol. The van der Waals surface area contributed by atoms with Crippen LogP contribution in [0.5, 0.6) is 5.75 Å². The lowest BCUT2D eigenvalue weighted by atomic mass is 10.0. The molecule has 1 rings (SSSR count). The highest BCUT2D eigenvalue weighted by atomic mass is 16.5. The van der Waals surface area contributed by atoms with Crippen LogP contribution >= 0.6 is 0 Å². The molecule has 3 nitrogen and oxygen atoms in total. The molecule has 0 aliphatic rings. The van der Waals surface area contributed by atoms with Gasteiger partial charge in [0, 0.05) is 0 Å². The molecular weight excluding hydrogens is 190 g/mol. The van der Waals surface area contributed by atoms with E-state index in [4.69, 9.17) is 10.5 Å². The average Bonchev–Trinajstić information content (AvgIpc) is 2.27. The van der Waals surface area contributed by atoms with E-state index in [0.717, 1.165) is 5.56 Å². The summed E-state index contributed by atoms with van der Waals surface area (Å²) >= 11 is 0. The monoisotopic (exact) mass is 207 g/mol. The zero-order valence-corrected chi connectivity index (χ0v) is 9.41. The van der Waals surface area contributed by atoms with Crippen molar-refractivity contribution in [2.24, 2.45) is 5.73 Å². The molecule has 0 saturated heterocycles. The minimum Gasteiger partial charge on any atom is -0.496 e. The summed E-state index contributed by atoms with van der Waals surface area (Å²) in [6.07, 6.45) is 0.635. The third-order valence-corrected chi connectivity index (χ3v) is 2.40. The number of rotatable bonds is 4. The van der Waals surface area contributed by atoms with E-state index in [1.807, 2.05) is 26.0 Å². The second-order valence-corrected chi connectivity index (χ2v) is 3.58. The molecule has 0 aromatic heterocycles. The number of ether oxygens (including phenoxy) is 1. The van der Waals surface area contributed by atoms with E-state index >= 15 is 0 Å². The SMILES string of the molecule is CCC(N)C(=O)c1cc(C)ccc1OC. The number of carbonyl (C=O) groups excluding carboxylic acids is 1. The van der Waals surface area contributed by atoms with Crippen LogP contribution in [0.25, 0.3) is 0 Å². The summed E-state index contributed by atoms with van der Waals surface area (Å²) in [7, 11) is 1.55. The van der Waals surface area contributed by atoms with Crippen LogP contribution in [-0.4, -0.2) is 18.9 Å². The standard InChI is InChI=1S/C12H17NO2/c1-4-10(13)12(14)9-7-8(2)5-6-11(9)15-3/h5-7,10H,4,13H2,1-3H3. The lowest BCUT2D eigenvalue weighted by Crippen LogP contribution is -2.29. The van der Waals surface area contributed by atoms with Crippen molar-refractivity contribution in [2.75, 3.05) is 7.11 Å². The van der Waals surface area contributed by atoms with Gasteiger partial charge in [0.1, 0.15) is 5.75 Å². The number of Topliss-reactive ketones (excluding diaryl/α,β-unsaturated/α-hetero) is 1. The fourth-order valence-electron chi connectivity index (χ4n) is 1.40. The van der Waals surface area contributed by atoms with Gasteiger partial charge in [-0.3, -0.25) is 4.79 Å². The van der Waals surface area contributed by atoms with Gasteiger partial charge in [0.25, 0.3) is 0 Å². The van der Waals surface area contributed by atoms with Gasteiger partial charge in [-0.05, 0) is 25.5 Å². The molecule has 3 heteroatoms. The first-order chi connectivity index (χ1) is 7.10. The van der Waals surface area contributed by atoms with Crippen molar-refractivity contribution in [1.82, 2.24) is 0 Å². The number of hydrogen-bond acceptors (Lipinski definition) is 3. The molecule has 1 unspecified atom stereocenters. The van der Waals surface area contributed by atoms with Crippen molar-refractivity contribution in [1.29, 1.82) is 0 Å². The van der Waals surface area contributed by atoms with E-state index in [-0.39, 0.29) is 5.78 Å². The summed E-state index contributed by atoms with van der Waals surface area (Å²) < 4.78 is 5.14. The summed E-state index contributed by atoms with van der Waals surface area (Å²) in [5.74, 6) is 0.535.